The van der Waals surface area contributed by atoms with Crippen molar-refractivity contribution >= 4 is 5.97 Å². The lowest BCUT2D eigenvalue weighted by atomic mass is 10.2. The van der Waals surface area contributed by atoms with Gasteiger partial charge in [-0.15, -0.1) is 0 Å². The number of carbonyl (C=O) groups excluding carboxylic acids is 1. The minimum atomic E-state index is -0.131. The van der Waals surface area contributed by atoms with Gasteiger partial charge < -0.3 is 9.64 Å². The van der Waals surface area contributed by atoms with Gasteiger partial charge in [0.2, 0.25) is 0 Å². The first-order valence-corrected chi connectivity index (χ1v) is 5.98. The van der Waals surface area contributed by atoms with E-state index in [1.54, 1.807) is 0 Å². The molecule has 1 heterocycles. The molecule has 1 N–H and O–H groups in total. The molecule has 2 fully saturated rings. The Bertz CT molecular complexity index is 248. The van der Waals surface area contributed by atoms with Crippen LogP contribution in [0.1, 0.15) is 12.8 Å². The summed E-state index contributed by atoms with van der Waals surface area (Å²) in [7, 11) is 3.58. The number of likely N-dealkylation sites (N-methyl/N-ethyl adjacent to an activating group) is 1. The van der Waals surface area contributed by atoms with Crippen molar-refractivity contribution in [1.82, 2.24) is 15.3 Å². The van der Waals surface area contributed by atoms with E-state index in [0.717, 1.165) is 39.0 Å². The van der Waals surface area contributed by atoms with Gasteiger partial charge in [-0.25, -0.2) is 10.4 Å². The summed E-state index contributed by atoms with van der Waals surface area (Å²) in [5.74, 6) is 0.355. The summed E-state index contributed by atoms with van der Waals surface area (Å²) < 4.78 is 4.84. The summed E-state index contributed by atoms with van der Waals surface area (Å²) in [6, 6.07) is -0.131. The lowest BCUT2D eigenvalue weighted by molar-refractivity contribution is -0.145. The molecule has 5 nitrogen and oxygen atoms in total. The number of carbonyl (C=O) groups is 1. The van der Waals surface area contributed by atoms with Gasteiger partial charge in [0.1, 0.15) is 6.04 Å². The maximum atomic E-state index is 11.6. The molecule has 0 aromatic heterocycles. The summed E-state index contributed by atoms with van der Waals surface area (Å²) in [5, 5.41) is 2.15. The normalized spacial score (nSPS) is 25.4. The van der Waals surface area contributed by atoms with Gasteiger partial charge in [0.25, 0.3) is 0 Å². The Labute approximate surface area is 96.7 Å². The quantitative estimate of drug-likeness (QED) is 0.668. The molecule has 0 aromatic carbocycles. The van der Waals surface area contributed by atoms with Gasteiger partial charge in [-0.3, -0.25) is 4.79 Å². The predicted molar refractivity (Wildman–Crippen MR) is 60.7 cm³/mol. The van der Waals surface area contributed by atoms with Gasteiger partial charge in [0, 0.05) is 26.2 Å². The average Bonchev–Trinajstić information content (AvgIpc) is 3.11. The van der Waals surface area contributed by atoms with Crippen LogP contribution in [0.5, 0.6) is 0 Å². The number of hydrogen-bond acceptors (Lipinski definition) is 5. The SMILES string of the molecule is COC(=O)C(NN1CCN(C)CC1)C1CC1. The number of ether oxygens (including phenoxy) is 1. The summed E-state index contributed by atoms with van der Waals surface area (Å²) in [4.78, 5) is 13.9. The van der Waals surface area contributed by atoms with Gasteiger partial charge in [0.15, 0.2) is 0 Å². The maximum Gasteiger partial charge on any atom is 0.324 e. The van der Waals surface area contributed by atoms with Crippen molar-refractivity contribution in [3.63, 3.8) is 0 Å². The van der Waals surface area contributed by atoms with Crippen molar-refractivity contribution in [2.45, 2.75) is 18.9 Å². The van der Waals surface area contributed by atoms with Crippen LogP contribution in [0, 0.1) is 5.92 Å². The Balaban J connectivity index is 1.83. The van der Waals surface area contributed by atoms with E-state index in [-0.39, 0.29) is 12.0 Å². The summed E-state index contributed by atoms with van der Waals surface area (Å²) >= 11 is 0. The third kappa shape index (κ3) is 2.93. The van der Waals surface area contributed by atoms with Crippen molar-refractivity contribution in [3.05, 3.63) is 0 Å². The third-order valence-electron chi connectivity index (χ3n) is 3.37. The Kier molecular flexibility index (Phi) is 3.78. The fourth-order valence-electron chi connectivity index (χ4n) is 2.04. The zero-order chi connectivity index (χ0) is 11.5. The highest BCUT2D eigenvalue weighted by Crippen LogP contribution is 2.33. The van der Waals surface area contributed by atoms with Crippen LogP contribution >= 0.6 is 0 Å². The van der Waals surface area contributed by atoms with Crippen molar-refractivity contribution in [2.75, 3.05) is 40.3 Å². The zero-order valence-corrected chi connectivity index (χ0v) is 10.1. The summed E-state index contributed by atoms with van der Waals surface area (Å²) in [6.07, 6.45) is 2.28. The molecule has 1 aliphatic heterocycles. The molecule has 1 aliphatic carbocycles. The first-order chi connectivity index (χ1) is 7.70. The van der Waals surface area contributed by atoms with Gasteiger partial charge in [-0.2, -0.15) is 0 Å². The fourth-order valence-corrected chi connectivity index (χ4v) is 2.04. The Hall–Kier alpha value is -0.650. The van der Waals surface area contributed by atoms with E-state index in [0.29, 0.717) is 5.92 Å². The topological polar surface area (TPSA) is 44.8 Å². The van der Waals surface area contributed by atoms with Crippen LogP contribution in [0.15, 0.2) is 0 Å². The lowest BCUT2D eigenvalue weighted by Crippen LogP contribution is -2.56. The zero-order valence-electron chi connectivity index (χ0n) is 10.1. The number of methoxy groups -OCH3 is 1. The molecule has 1 saturated carbocycles. The smallest absolute Gasteiger partial charge is 0.324 e. The predicted octanol–water partition coefficient (Wildman–Crippen LogP) is -0.310. The molecule has 92 valence electrons. The Morgan fingerprint density at radius 3 is 2.44 bits per heavy atom. The van der Waals surface area contributed by atoms with Crippen LogP contribution in [0.4, 0.5) is 0 Å². The summed E-state index contributed by atoms with van der Waals surface area (Å²) in [5.41, 5.74) is 3.32. The van der Waals surface area contributed by atoms with E-state index < -0.39 is 0 Å². The van der Waals surface area contributed by atoms with E-state index >= 15 is 0 Å². The van der Waals surface area contributed by atoms with Gasteiger partial charge >= 0.3 is 5.97 Å². The molecule has 0 radical (unpaired) electrons. The molecule has 5 heteroatoms. The van der Waals surface area contributed by atoms with E-state index in [1.165, 1.54) is 7.11 Å². The molecule has 0 aromatic rings. The van der Waals surface area contributed by atoms with Crippen LogP contribution in [-0.2, 0) is 9.53 Å². The highest BCUT2D eigenvalue weighted by atomic mass is 16.5. The molecular formula is C11H21N3O2. The molecular weight excluding hydrogens is 206 g/mol. The highest BCUT2D eigenvalue weighted by molar-refractivity contribution is 5.76. The van der Waals surface area contributed by atoms with Crippen LogP contribution in [-0.4, -0.2) is 62.3 Å². The molecule has 0 spiro atoms. The molecule has 2 rings (SSSR count). The van der Waals surface area contributed by atoms with Gasteiger partial charge in [-0.05, 0) is 25.8 Å². The van der Waals surface area contributed by atoms with Crippen LogP contribution in [0.2, 0.25) is 0 Å². The third-order valence-corrected chi connectivity index (χ3v) is 3.37. The number of esters is 1. The van der Waals surface area contributed by atoms with E-state index in [1.807, 2.05) is 0 Å². The van der Waals surface area contributed by atoms with Gasteiger partial charge in [-0.1, -0.05) is 0 Å². The van der Waals surface area contributed by atoms with Crippen LogP contribution in [0.3, 0.4) is 0 Å². The second-order valence-electron chi connectivity index (χ2n) is 4.76. The van der Waals surface area contributed by atoms with Crippen LogP contribution < -0.4 is 5.43 Å². The molecule has 1 saturated heterocycles. The van der Waals surface area contributed by atoms with Crippen molar-refractivity contribution in [1.29, 1.82) is 0 Å². The number of nitrogens with zero attached hydrogens (tertiary/aromatic N) is 2. The standard InChI is InChI=1S/C11H21N3O2/c1-13-5-7-14(8-6-13)12-10(9-3-4-9)11(15)16-2/h9-10,12H,3-8H2,1-2H3. The molecule has 2 aliphatic rings. The molecule has 0 amide bonds. The van der Waals surface area contributed by atoms with E-state index in [9.17, 15) is 4.79 Å². The Morgan fingerprint density at radius 2 is 1.94 bits per heavy atom. The minimum absolute atomic E-state index is 0.124. The minimum Gasteiger partial charge on any atom is -0.468 e. The number of hydrogen-bond donors (Lipinski definition) is 1. The van der Waals surface area contributed by atoms with Crippen molar-refractivity contribution < 1.29 is 9.53 Å². The van der Waals surface area contributed by atoms with E-state index in [2.05, 4.69) is 22.4 Å². The van der Waals surface area contributed by atoms with Gasteiger partial charge in [0.05, 0.1) is 7.11 Å². The summed E-state index contributed by atoms with van der Waals surface area (Å²) in [6.45, 7) is 4.03. The lowest BCUT2D eigenvalue weighted by Gasteiger charge is -2.34. The first-order valence-electron chi connectivity index (χ1n) is 5.98. The number of piperazine rings is 1. The molecule has 1 unspecified atom stereocenters. The highest BCUT2D eigenvalue weighted by Gasteiger charge is 2.38. The second-order valence-corrected chi connectivity index (χ2v) is 4.76. The first kappa shape index (κ1) is 11.8. The van der Waals surface area contributed by atoms with Crippen LogP contribution in [0.25, 0.3) is 0 Å². The average molecular weight is 227 g/mol. The maximum absolute atomic E-state index is 11.6. The molecule has 0 bridgehead atoms. The van der Waals surface area contributed by atoms with Crippen molar-refractivity contribution in [2.24, 2.45) is 5.92 Å². The number of hydrazine groups is 1. The Morgan fingerprint density at radius 1 is 1.31 bits per heavy atom. The molecule has 16 heavy (non-hydrogen) atoms. The molecule has 1 atom stereocenters. The van der Waals surface area contributed by atoms with E-state index in [4.69, 9.17) is 4.74 Å². The monoisotopic (exact) mass is 227 g/mol. The van der Waals surface area contributed by atoms with Crippen molar-refractivity contribution in [3.8, 4) is 0 Å². The number of nitrogens with one attached hydrogen (secondary N) is 1. The largest absolute Gasteiger partial charge is 0.468 e. The fraction of sp³-hybridized carbons (Fsp3) is 0.909. The second kappa shape index (κ2) is 5.12. The number of rotatable bonds is 4.